The van der Waals surface area contributed by atoms with Gasteiger partial charge in [-0.1, -0.05) is 32.9 Å². The molecule has 0 saturated carbocycles. The van der Waals surface area contributed by atoms with Crippen LogP contribution >= 0.6 is 0 Å². The molecule has 1 atom stereocenters. The summed E-state index contributed by atoms with van der Waals surface area (Å²) in [5.41, 5.74) is 2.12. The van der Waals surface area contributed by atoms with Crippen LogP contribution in [0.3, 0.4) is 0 Å². The molecule has 1 heterocycles. The molecule has 2 heteroatoms. The van der Waals surface area contributed by atoms with Crippen molar-refractivity contribution in [1.29, 1.82) is 0 Å². The van der Waals surface area contributed by atoms with Gasteiger partial charge in [0.05, 0.1) is 0 Å². The third-order valence-corrected chi connectivity index (χ3v) is 3.77. The Morgan fingerprint density at radius 3 is 2.50 bits per heavy atom. The highest BCUT2D eigenvalue weighted by Gasteiger charge is 2.21. The van der Waals surface area contributed by atoms with Crippen molar-refractivity contribution < 1.29 is 4.79 Å². The summed E-state index contributed by atoms with van der Waals surface area (Å²) < 4.78 is 0. The lowest BCUT2D eigenvalue weighted by Crippen LogP contribution is -2.39. The Kier molecular flexibility index (Phi) is 4.05. The molecule has 0 aliphatic carbocycles. The molecule has 1 aliphatic rings. The molecule has 1 aliphatic heterocycles. The van der Waals surface area contributed by atoms with Crippen molar-refractivity contribution >= 4 is 5.91 Å². The van der Waals surface area contributed by atoms with E-state index in [1.54, 1.807) is 0 Å². The lowest BCUT2D eigenvalue weighted by Gasteiger charge is -2.31. The van der Waals surface area contributed by atoms with Gasteiger partial charge in [-0.05, 0) is 42.4 Å². The zero-order valence-electron chi connectivity index (χ0n) is 11.6. The maximum atomic E-state index is 12.4. The van der Waals surface area contributed by atoms with Crippen molar-refractivity contribution in [3.05, 3.63) is 35.4 Å². The molecule has 0 radical (unpaired) electrons. The first-order valence-corrected chi connectivity index (χ1v) is 6.97. The molecule has 1 aromatic rings. The number of likely N-dealkylation sites (tertiary alicyclic amines) is 1. The van der Waals surface area contributed by atoms with E-state index in [1.807, 2.05) is 17.0 Å². The van der Waals surface area contributed by atoms with Gasteiger partial charge in [-0.15, -0.1) is 0 Å². The van der Waals surface area contributed by atoms with Crippen molar-refractivity contribution in [1.82, 2.24) is 4.90 Å². The van der Waals surface area contributed by atoms with E-state index in [0.717, 1.165) is 25.1 Å². The van der Waals surface area contributed by atoms with Crippen LogP contribution in [0.2, 0.25) is 0 Å². The summed E-state index contributed by atoms with van der Waals surface area (Å²) in [6.07, 6.45) is 2.38. The van der Waals surface area contributed by atoms with Crippen LogP contribution in [-0.4, -0.2) is 23.9 Å². The van der Waals surface area contributed by atoms with E-state index in [-0.39, 0.29) is 5.91 Å². The Morgan fingerprint density at radius 2 is 1.94 bits per heavy atom. The standard InChI is InChI=1S/C16H23NO/c1-12(2)14-6-8-15(9-7-14)16(18)17-10-4-5-13(3)11-17/h6-9,12-13H,4-5,10-11H2,1-3H3. The molecular weight excluding hydrogens is 222 g/mol. The Hall–Kier alpha value is -1.31. The fraction of sp³-hybridized carbons (Fsp3) is 0.562. The van der Waals surface area contributed by atoms with Gasteiger partial charge in [0.1, 0.15) is 0 Å². The number of rotatable bonds is 2. The van der Waals surface area contributed by atoms with Gasteiger partial charge in [0, 0.05) is 18.7 Å². The Morgan fingerprint density at radius 1 is 1.28 bits per heavy atom. The summed E-state index contributed by atoms with van der Waals surface area (Å²) in [6.45, 7) is 8.38. The number of piperidine rings is 1. The summed E-state index contributed by atoms with van der Waals surface area (Å²) in [5.74, 6) is 1.35. The van der Waals surface area contributed by atoms with Crippen LogP contribution in [0.25, 0.3) is 0 Å². The van der Waals surface area contributed by atoms with E-state index in [4.69, 9.17) is 0 Å². The van der Waals surface area contributed by atoms with Crippen LogP contribution < -0.4 is 0 Å². The Bertz CT molecular complexity index is 408. The molecule has 2 rings (SSSR count). The number of benzene rings is 1. The van der Waals surface area contributed by atoms with Gasteiger partial charge in [-0.3, -0.25) is 4.79 Å². The van der Waals surface area contributed by atoms with E-state index >= 15 is 0 Å². The van der Waals surface area contributed by atoms with Crippen LogP contribution in [0.5, 0.6) is 0 Å². The quantitative estimate of drug-likeness (QED) is 0.778. The number of amides is 1. The minimum absolute atomic E-state index is 0.192. The highest BCUT2D eigenvalue weighted by molar-refractivity contribution is 5.94. The maximum Gasteiger partial charge on any atom is 0.253 e. The van der Waals surface area contributed by atoms with Crippen LogP contribution in [-0.2, 0) is 0 Å². The number of carbonyl (C=O) groups is 1. The Labute approximate surface area is 110 Å². The third-order valence-electron chi connectivity index (χ3n) is 3.77. The van der Waals surface area contributed by atoms with Gasteiger partial charge in [0.2, 0.25) is 0 Å². The summed E-state index contributed by atoms with van der Waals surface area (Å²) in [7, 11) is 0. The zero-order valence-corrected chi connectivity index (χ0v) is 11.6. The number of hydrogen-bond donors (Lipinski definition) is 0. The van der Waals surface area contributed by atoms with E-state index in [2.05, 4.69) is 32.9 Å². The average Bonchev–Trinajstić information content (AvgIpc) is 2.38. The van der Waals surface area contributed by atoms with E-state index in [1.165, 1.54) is 12.0 Å². The first-order valence-electron chi connectivity index (χ1n) is 6.97. The fourth-order valence-corrected chi connectivity index (χ4v) is 2.57. The van der Waals surface area contributed by atoms with E-state index < -0.39 is 0 Å². The molecule has 98 valence electrons. The summed E-state index contributed by atoms with van der Waals surface area (Å²) in [5, 5.41) is 0. The van der Waals surface area contributed by atoms with Crippen molar-refractivity contribution in [2.45, 2.75) is 39.5 Å². The highest BCUT2D eigenvalue weighted by Crippen LogP contribution is 2.19. The largest absolute Gasteiger partial charge is 0.338 e. The van der Waals surface area contributed by atoms with Crippen LogP contribution in [0.4, 0.5) is 0 Å². The maximum absolute atomic E-state index is 12.4. The molecule has 1 amide bonds. The number of nitrogens with zero attached hydrogens (tertiary/aromatic N) is 1. The highest BCUT2D eigenvalue weighted by atomic mass is 16.2. The van der Waals surface area contributed by atoms with E-state index in [9.17, 15) is 4.79 Å². The van der Waals surface area contributed by atoms with Crippen LogP contribution in [0.1, 0.15) is 55.5 Å². The second-order valence-corrected chi connectivity index (χ2v) is 5.78. The summed E-state index contributed by atoms with van der Waals surface area (Å²) >= 11 is 0. The van der Waals surface area contributed by atoms with Crippen molar-refractivity contribution in [2.75, 3.05) is 13.1 Å². The number of carbonyl (C=O) groups excluding carboxylic acids is 1. The van der Waals surface area contributed by atoms with Gasteiger partial charge in [0.25, 0.3) is 5.91 Å². The predicted molar refractivity (Wildman–Crippen MR) is 74.8 cm³/mol. The lowest BCUT2D eigenvalue weighted by molar-refractivity contribution is 0.0683. The minimum Gasteiger partial charge on any atom is -0.338 e. The topological polar surface area (TPSA) is 20.3 Å². The lowest BCUT2D eigenvalue weighted by atomic mass is 9.98. The molecule has 0 bridgehead atoms. The SMILES string of the molecule is CC1CCCN(C(=O)c2ccc(C(C)C)cc2)C1. The monoisotopic (exact) mass is 245 g/mol. The minimum atomic E-state index is 0.192. The van der Waals surface area contributed by atoms with Crippen LogP contribution in [0, 0.1) is 5.92 Å². The molecule has 0 N–H and O–H groups in total. The molecule has 1 fully saturated rings. The summed E-state index contributed by atoms with van der Waals surface area (Å²) in [6, 6.07) is 8.09. The predicted octanol–water partition coefficient (Wildman–Crippen LogP) is 3.68. The van der Waals surface area contributed by atoms with E-state index in [0.29, 0.717) is 11.8 Å². The normalized spacial score (nSPS) is 20.2. The second kappa shape index (κ2) is 5.55. The number of hydrogen-bond acceptors (Lipinski definition) is 1. The molecular formula is C16H23NO. The molecule has 1 aromatic carbocycles. The molecule has 18 heavy (non-hydrogen) atoms. The van der Waals surface area contributed by atoms with Crippen LogP contribution in [0.15, 0.2) is 24.3 Å². The fourth-order valence-electron chi connectivity index (χ4n) is 2.57. The molecule has 1 unspecified atom stereocenters. The van der Waals surface area contributed by atoms with Gasteiger partial charge >= 0.3 is 0 Å². The van der Waals surface area contributed by atoms with Gasteiger partial charge < -0.3 is 4.90 Å². The van der Waals surface area contributed by atoms with Crippen molar-refractivity contribution in [2.24, 2.45) is 5.92 Å². The van der Waals surface area contributed by atoms with Crippen molar-refractivity contribution in [3.8, 4) is 0 Å². The van der Waals surface area contributed by atoms with Gasteiger partial charge in [-0.2, -0.15) is 0 Å². The average molecular weight is 245 g/mol. The first kappa shape index (κ1) is 13.1. The van der Waals surface area contributed by atoms with Gasteiger partial charge in [0.15, 0.2) is 0 Å². The summed E-state index contributed by atoms with van der Waals surface area (Å²) in [4.78, 5) is 14.4. The molecule has 0 spiro atoms. The molecule has 1 saturated heterocycles. The second-order valence-electron chi connectivity index (χ2n) is 5.78. The third kappa shape index (κ3) is 2.92. The molecule has 0 aromatic heterocycles. The first-order chi connectivity index (χ1) is 8.58. The smallest absolute Gasteiger partial charge is 0.253 e. The van der Waals surface area contributed by atoms with Gasteiger partial charge in [-0.25, -0.2) is 0 Å². The Balaban J connectivity index is 2.08. The zero-order chi connectivity index (χ0) is 13.1. The molecule has 2 nitrogen and oxygen atoms in total. The van der Waals surface area contributed by atoms with Crippen molar-refractivity contribution in [3.63, 3.8) is 0 Å².